The lowest BCUT2D eigenvalue weighted by Gasteiger charge is -1.81. The molecule has 0 radical (unpaired) electrons. The maximum absolute atomic E-state index is 5.06. The topological polar surface area (TPSA) is 52.0 Å². The Hall–Kier alpha value is -0.340. The van der Waals surface area contributed by atoms with Crippen molar-refractivity contribution in [3.8, 4) is 0 Å². The number of hydrogen-bond acceptors (Lipinski definition) is 2. The van der Waals surface area contributed by atoms with Gasteiger partial charge in [-0.05, 0) is 26.4 Å². The van der Waals surface area contributed by atoms with Crippen molar-refractivity contribution in [2.75, 3.05) is 13.1 Å². The third kappa shape index (κ3) is 44.6. The van der Waals surface area contributed by atoms with Crippen molar-refractivity contribution < 1.29 is 0 Å². The predicted molar refractivity (Wildman–Crippen MR) is 38.6 cm³/mol. The molecule has 0 amide bonds. The van der Waals surface area contributed by atoms with E-state index in [1.54, 1.807) is 6.08 Å². The second kappa shape index (κ2) is 15.9. The minimum atomic E-state index is 0.719. The summed E-state index contributed by atoms with van der Waals surface area (Å²) in [5.41, 5.74) is 10.1. The van der Waals surface area contributed by atoms with Gasteiger partial charge in [-0.25, -0.2) is 0 Å². The van der Waals surface area contributed by atoms with Gasteiger partial charge in [-0.3, -0.25) is 0 Å². The molecular weight excluding hydrogens is 100 g/mol. The van der Waals surface area contributed by atoms with Crippen LogP contribution in [-0.2, 0) is 0 Å². The second-order valence-corrected chi connectivity index (χ2v) is 1.34. The summed E-state index contributed by atoms with van der Waals surface area (Å²) in [5, 5.41) is 0. The lowest BCUT2D eigenvalue weighted by molar-refractivity contribution is 0.844. The molecule has 0 aromatic rings. The van der Waals surface area contributed by atoms with Crippen LogP contribution in [-0.4, -0.2) is 13.1 Å². The molecule has 0 saturated carbocycles. The van der Waals surface area contributed by atoms with Gasteiger partial charge in [0.15, 0.2) is 0 Å². The van der Waals surface area contributed by atoms with Crippen molar-refractivity contribution in [1.82, 2.24) is 0 Å². The fourth-order valence-electron chi connectivity index (χ4n) is 0.118. The Bertz CT molecular complexity index is 33.5. The standard InChI is InChI=1S/C3H10N2.C3H6/c4-2-1-3-5;1-3-2/h1-5H2;3H,1H2,2H3. The van der Waals surface area contributed by atoms with E-state index in [9.17, 15) is 0 Å². The summed E-state index contributed by atoms with van der Waals surface area (Å²) in [7, 11) is 0. The molecule has 0 atom stereocenters. The van der Waals surface area contributed by atoms with Crippen molar-refractivity contribution >= 4 is 0 Å². The molecule has 0 aromatic heterocycles. The van der Waals surface area contributed by atoms with Crippen LogP contribution in [0.5, 0.6) is 0 Å². The van der Waals surface area contributed by atoms with E-state index in [1.807, 2.05) is 6.92 Å². The zero-order valence-corrected chi connectivity index (χ0v) is 5.56. The molecule has 8 heavy (non-hydrogen) atoms. The van der Waals surface area contributed by atoms with Gasteiger partial charge in [0, 0.05) is 0 Å². The molecule has 0 bridgehead atoms. The maximum atomic E-state index is 5.06. The maximum Gasteiger partial charge on any atom is -0.00653 e. The summed E-state index contributed by atoms with van der Waals surface area (Å²) in [5.74, 6) is 0. The summed E-state index contributed by atoms with van der Waals surface area (Å²) in [6.45, 7) is 6.69. The van der Waals surface area contributed by atoms with Crippen LogP contribution < -0.4 is 11.5 Å². The zero-order valence-electron chi connectivity index (χ0n) is 5.56. The molecule has 50 valence electrons. The molecule has 0 aliphatic heterocycles. The van der Waals surface area contributed by atoms with E-state index in [4.69, 9.17) is 11.5 Å². The van der Waals surface area contributed by atoms with Gasteiger partial charge in [0.2, 0.25) is 0 Å². The molecule has 0 unspecified atom stereocenters. The van der Waals surface area contributed by atoms with E-state index in [-0.39, 0.29) is 0 Å². The smallest absolute Gasteiger partial charge is 0.00653 e. The van der Waals surface area contributed by atoms with Crippen LogP contribution >= 0.6 is 0 Å². The van der Waals surface area contributed by atoms with Crippen LogP contribution in [0.4, 0.5) is 0 Å². The Kier molecular flexibility index (Phi) is 21.1. The van der Waals surface area contributed by atoms with Gasteiger partial charge < -0.3 is 11.5 Å². The van der Waals surface area contributed by atoms with Gasteiger partial charge in [-0.2, -0.15) is 0 Å². The van der Waals surface area contributed by atoms with E-state index >= 15 is 0 Å². The van der Waals surface area contributed by atoms with Gasteiger partial charge in [0.25, 0.3) is 0 Å². The lowest BCUT2D eigenvalue weighted by atomic mass is 10.4. The van der Waals surface area contributed by atoms with Crippen LogP contribution in [0.2, 0.25) is 0 Å². The summed E-state index contributed by atoms with van der Waals surface area (Å²) >= 11 is 0. The molecule has 0 heterocycles. The van der Waals surface area contributed by atoms with Crippen LogP contribution in [0.25, 0.3) is 0 Å². The molecular formula is C6H16N2. The highest BCUT2D eigenvalue weighted by Gasteiger charge is 1.67. The number of allylic oxidation sites excluding steroid dienone is 1. The van der Waals surface area contributed by atoms with Gasteiger partial charge in [-0.15, -0.1) is 6.58 Å². The van der Waals surface area contributed by atoms with Crippen molar-refractivity contribution in [1.29, 1.82) is 0 Å². The van der Waals surface area contributed by atoms with Crippen LogP contribution in [0.1, 0.15) is 13.3 Å². The van der Waals surface area contributed by atoms with Gasteiger partial charge in [0.05, 0.1) is 0 Å². The van der Waals surface area contributed by atoms with Crippen LogP contribution in [0.3, 0.4) is 0 Å². The Morgan fingerprint density at radius 1 is 1.38 bits per heavy atom. The lowest BCUT2D eigenvalue weighted by Crippen LogP contribution is -2.06. The summed E-state index contributed by atoms with van der Waals surface area (Å²) in [6, 6.07) is 0. The normalized spacial score (nSPS) is 6.88. The largest absolute Gasteiger partial charge is 0.330 e. The number of rotatable bonds is 2. The minimum Gasteiger partial charge on any atom is -0.330 e. The summed E-state index contributed by atoms with van der Waals surface area (Å²) in [6.07, 6.45) is 2.69. The third-order valence-corrected chi connectivity index (χ3v) is 0.408. The minimum absolute atomic E-state index is 0.719. The zero-order chi connectivity index (χ0) is 6.83. The fraction of sp³-hybridized carbons (Fsp3) is 0.667. The van der Waals surface area contributed by atoms with Crippen molar-refractivity contribution in [3.63, 3.8) is 0 Å². The molecule has 0 aliphatic rings. The van der Waals surface area contributed by atoms with Crippen LogP contribution in [0.15, 0.2) is 12.7 Å². The molecule has 2 nitrogen and oxygen atoms in total. The second-order valence-electron chi connectivity index (χ2n) is 1.34. The van der Waals surface area contributed by atoms with Crippen molar-refractivity contribution in [3.05, 3.63) is 12.7 Å². The van der Waals surface area contributed by atoms with E-state index in [1.165, 1.54) is 0 Å². The van der Waals surface area contributed by atoms with Gasteiger partial charge >= 0.3 is 0 Å². The van der Waals surface area contributed by atoms with Crippen LogP contribution in [0, 0.1) is 0 Å². The molecule has 2 heteroatoms. The van der Waals surface area contributed by atoms with E-state index in [0.717, 1.165) is 19.5 Å². The predicted octanol–water partition coefficient (Wildman–Crippen LogP) is 0.486. The van der Waals surface area contributed by atoms with E-state index in [2.05, 4.69) is 6.58 Å². The average Bonchev–Trinajstić information content (AvgIpc) is 1.71. The summed E-state index contributed by atoms with van der Waals surface area (Å²) in [4.78, 5) is 0. The average molecular weight is 116 g/mol. The first-order valence-corrected chi connectivity index (χ1v) is 2.80. The first kappa shape index (κ1) is 10.6. The highest BCUT2D eigenvalue weighted by Crippen LogP contribution is 1.58. The van der Waals surface area contributed by atoms with E-state index < -0.39 is 0 Å². The third-order valence-electron chi connectivity index (χ3n) is 0.408. The Morgan fingerprint density at radius 2 is 1.62 bits per heavy atom. The fourth-order valence-corrected chi connectivity index (χ4v) is 0.118. The van der Waals surface area contributed by atoms with Crippen molar-refractivity contribution in [2.24, 2.45) is 11.5 Å². The highest BCUT2D eigenvalue weighted by atomic mass is 14.6. The highest BCUT2D eigenvalue weighted by molar-refractivity contribution is 4.51. The molecule has 0 rings (SSSR count). The number of hydrogen-bond donors (Lipinski definition) is 2. The Morgan fingerprint density at radius 3 is 1.62 bits per heavy atom. The van der Waals surface area contributed by atoms with E-state index in [0.29, 0.717) is 0 Å². The molecule has 4 N–H and O–H groups in total. The Balaban J connectivity index is 0. The quantitative estimate of drug-likeness (QED) is 0.516. The first-order valence-electron chi connectivity index (χ1n) is 2.80. The first-order chi connectivity index (χ1) is 3.83. The van der Waals surface area contributed by atoms with Gasteiger partial charge in [0.1, 0.15) is 0 Å². The monoisotopic (exact) mass is 116 g/mol. The number of nitrogens with two attached hydrogens (primary N) is 2. The molecule has 0 aromatic carbocycles. The van der Waals surface area contributed by atoms with Crippen molar-refractivity contribution in [2.45, 2.75) is 13.3 Å². The van der Waals surface area contributed by atoms with Gasteiger partial charge in [-0.1, -0.05) is 6.08 Å². The SMILES string of the molecule is C=CC.NCCCN. The molecule has 0 fully saturated rings. The molecule has 0 spiro atoms. The molecule has 0 saturated heterocycles. The molecule has 0 aliphatic carbocycles. The Labute approximate surface area is 51.6 Å². The summed E-state index contributed by atoms with van der Waals surface area (Å²) < 4.78 is 0.